The topological polar surface area (TPSA) is 57.7 Å². The summed E-state index contributed by atoms with van der Waals surface area (Å²) in [5.41, 5.74) is 2.26. The number of nitrogens with zero attached hydrogens (tertiary/aromatic N) is 3. The maximum atomic E-state index is 12.9. The Balaban J connectivity index is 1.57. The number of pyridine rings is 1. The number of ether oxygens (including phenoxy) is 1. The van der Waals surface area contributed by atoms with Gasteiger partial charge in [-0.25, -0.2) is 4.79 Å². The number of nitrogens with one attached hydrogen (secondary N) is 1. The maximum Gasteiger partial charge on any atom is 0.317 e. The van der Waals surface area contributed by atoms with E-state index in [2.05, 4.69) is 34.3 Å². The van der Waals surface area contributed by atoms with Crippen LogP contribution in [-0.2, 0) is 17.7 Å². The molecule has 1 N–H and O–H groups in total. The van der Waals surface area contributed by atoms with Crippen molar-refractivity contribution in [3.63, 3.8) is 0 Å². The summed E-state index contributed by atoms with van der Waals surface area (Å²) in [5, 5.41) is 3.12. The van der Waals surface area contributed by atoms with Gasteiger partial charge in [-0.1, -0.05) is 36.4 Å². The average Bonchev–Trinajstić information content (AvgIpc) is 2.76. The van der Waals surface area contributed by atoms with Gasteiger partial charge in [0.25, 0.3) is 0 Å². The largest absolute Gasteiger partial charge is 0.379 e. The van der Waals surface area contributed by atoms with E-state index in [4.69, 9.17) is 4.74 Å². The van der Waals surface area contributed by atoms with Gasteiger partial charge in [0.1, 0.15) is 0 Å². The standard InChI is InChI=1S/C22H30N4O2/c1-19(25-12-14-28-15-13-25)16-24-22(27)26(18-21-8-5-10-23-17-21)11-9-20-6-3-2-4-7-20/h2-8,10,17,19H,9,11-16,18H2,1H3,(H,24,27). The van der Waals surface area contributed by atoms with E-state index < -0.39 is 0 Å². The van der Waals surface area contributed by atoms with Crippen molar-refractivity contribution in [1.82, 2.24) is 20.1 Å². The van der Waals surface area contributed by atoms with Crippen molar-refractivity contribution >= 4 is 6.03 Å². The van der Waals surface area contributed by atoms with Crippen molar-refractivity contribution in [3.05, 3.63) is 66.0 Å². The lowest BCUT2D eigenvalue weighted by atomic mass is 10.1. The first-order valence-electron chi connectivity index (χ1n) is 10.00. The summed E-state index contributed by atoms with van der Waals surface area (Å²) in [4.78, 5) is 21.3. The molecule has 2 aromatic rings. The zero-order valence-electron chi connectivity index (χ0n) is 16.6. The monoisotopic (exact) mass is 382 g/mol. The molecule has 6 nitrogen and oxygen atoms in total. The number of hydrogen-bond donors (Lipinski definition) is 1. The molecule has 3 rings (SSSR count). The van der Waals surface area contributed by atoms with Crippen molar-refractivity contribution in [2.45, 2.75) is 25.9 Å². The fraction of sp³-hybridized carbons (Fsp3) is 0.455. The van der Waals surface area contributed by atoms with Gasteiger partial charge in [0, 0.05) is 51.2 Å². The molecule has 0 radical (unpaired) electrons. The number of benzene rings is 1. The number of carbonyl (C=O) groups excluding carboxylic acids is 1. The Morgan fingerprint density at radius 2 is 1.93 bits per heavy atom. The lowest BCUT2D eigenvalue weighted by molar-refractivity contribution is 0.0206. The van der Waals surface area contributed by atoms with Gasteiger partial charge in [-0.2, -0.15) is 0 Å². The lowest BCUT2D eigenvalue weighted by Gasteiger charge is -2.33. The maximum absolute atomic E-state index is 12.9. The number of aromatic nitrogens is 1. The van der Waals surface area contributed by atoms with Crippen molar-refractivity contribution in [2.75, 3.05) is 39.4 Å². The highest BCUT2D eigenvalue weighted by Gasteiger charge is 2.19. The first-order chi connectivity index (χ1) is 13.7. The molecule has 1 aromatic heterocycles. The molecular formula is C22H30N4O2. The molecule has 1 unspecified atom stereocenters. The molecule has 1 atom stereocenters. The van der Waals surface area contributed by atoms with Gasteiger partial charge < -0.3 is 15.0 Å². The van der Waals surface area contributed by atoms with Crippen LogP contribution in [0.25, 0.3) is 0 Å². The number of rotatable bonds is 8. The quantitative estimate of drug-likeness (QED) is 0.762. The number of carbonyl (C=O) groups is 1. The Morgan fingerprint density at radius 3 is 2.64 bits per heavy atom. The molecule has 150 valence electrons. The third kappa shape index (κ3) is 6.32. The predicted octanol–water partition coefficient (Wildman–Crippen LogP) is 2.56. The normalized spacial score (nSPS) is 15.8. The van der Waals surface area contributed by atoms with Crippen LogP contribution in [0.3, 0.4) is 0 Å². The summed E-state index contributed by atoms with van der Waals surface area (Å²) in [6.45, 7) is 7.38. The van der Waals surface area contributed by atoms with Crippen LogP contribution in [0.4, 0.5) is 4.79 Å². The van der Waals surface area contributed by atoms with Gasteiger partial charge >= 0.3 is 6.03 Å². The SMILES string of the molecule is CC(CNC(=O)N(CCc1ccccc1)Cc1cccnc1)N1CCOCC1. The second kappa shape index (κ2) is 10.8. The molecule has 0 saturated carbocycles. The smallest absolute Gasteiger partial charge is 0.317 e. The predicted molar refractivity (Wildman–Crippen MR) is 110 cm³/mol. The van der Waals surface area contributed by atoms with E-state index in [0.29, 0.717) is 25.7 Å². The van der Waals surface area contributed by atoms with Gasteiger partial charge in [-0.3, -0.25) is 9.88 Å². The Hall–Kier alpha value is -2.44. The highest BCUT2D eigenvalue weighted by atomic mass is 16.5. The van der Waals surface area contributed by atoms with Crippen LogP contribution < -0.4 is 5.32 Å². The molecule has 6 heteroatoms. The second-order valence-corrected chi connectivity index (χ2v) is 7.20. The van der Waals surface area contributed by atoms with Crippen LogP contribution in [0.2, 0.25) is 0 Å². The van der Waals surface area contributed by atoms with E-state index in [-0.39, 0.29) is 6.03 Å². The molecule has 2 heterocycles. The summed E-state index contributed by atoms with van der Waals surface area (Å²) in [7, 11) is 0. The Kier molecular flexibility index (Phi) is 7.82. The molecule has 1 aromatic carbocycles. The first kappa shape index (κ1) is 20.3. The lowest BCUT2D eigenvalue weighted by Crippen LogP contribution is -2.49. The molecule has 28 heavy (non-hydrogen) atoms. The highest BCUT2D eigenvalue weighted by molar-refractivity contribution is 5.74. The van der Waals surface area contributed by atoms with Crippen LogP contribution in [0, 0.1) is 0 Å². The van der Waals surface area contributed by atoms with E-state index in [9.17, 15) is 4.79 Å². The van der Waals surface area contributed by atoms with Gasteiger partial charge in [-0.15, -0.1) is 0 Å². The number of amides is 2. The fourth-order valence-electron chi connectivity index (χ4n) is 3.37. The van der Waals surface area contributed by atoms with Gasteiger partial charge in [-0.05, 0) is 30.5 Å². The summed E-state index contributed by atoms with van der Waals surface area (Å²) >= 11 is 0. The van der Waals surface area contributed by atoms with Crippen LogP contribution >= 0.6 is 0 Å². The summed E-state index contributed by atoms with van der Waals surface area (Å²) in [6, 6.07) is 14.4. The fourth-order valence-corrected chi connectivity index (χ4v) is 3.37. The van der Waals surface area contributed by atoms with Gasteiger partial charge in [0.05, 0.1) is 13.2 Å². The minimum Gasteiger partial charge on any atom is -0.379 e. The van der Waals surface area contributed by atoms with E-state index in [1.807, 2.05) is 41.4 Å². The zero-order valence-corrected chi connectivity index (χ0v) is 16.6. The Labute approximate surface area is 167 Å². The van der Waals surface area contributed by atoms with Crippen LogP contribution in [-0.4, -0.2) is 66.2 Å². The number of morpholine rings is 1. The summed E-state index contributed by atoms with van der Waals surface area (Å²) in [6.07, 6.45) is 4.40. The minimum atomic E-state index is -0.0279. The first-order valence-corrected chi connectivity index (χ1v) is 10.00. The van der Waals surface area contributed by atoms with Crippen molar-refractivity contribution in [1.29, 1.82) is 0 Å². The van der Waals surface area contributed by atoms with Crippen molar-refractivity contribution in [3.8, 4) is 0 Å². The molecule has 1 saturated heterocycles. The van der Waals surface area contributed by atoms with Crippen molar-refractivity contribution < 1.29 is 9.53 Å². The van der Waals surface area contributed by atoms with Gasteiger partial charge in [0.15, 0.2) is 0 Å². The second-order valence-electron chi connectivity index (χ2n) is 7.20. The number of hydrogen-bond acceptors (Lipinski definition) is 4. The summed E-state index contributed by atoms with van der Waals surface area (Å²) < 4.78 is 5.41. The van der Waals surface area contributed by atoms with Crippen LogP contribution in [0.15, 0.2) is 54.9 Å². The zero-order chi connectivity index (χ0) is 19.6. The molecule has 1 aliphatic heterocycles. The van der Waals surface area contributed by atoms with Crippen LogP contribution in [0.1, 0.15) is 18.1 Å². The van der Waals surface area contributed by atoms with Crippen molar-refractivity contribution in [2.24, 2.45) is 0 Å². The van der Waals surface area contributed by atoms with Crippen LogP contribution in [0.5, 0.6) is 0 Å². The molecule has 1 fully saturated rings. The molecule has 0 aliphatic carbocycles. The molecular weight excluding hydrogens is 352 g/mol. The highest BCUT2D eigenvalue weighted by Crippen LogP contribution is 2.08. The van der Waals surface area contributed by atoms with E-state index in [1.54, 1.807) is 6.20 Å². The third-order valence-electron chi connectivity index (χ3n) is 5.11. The number of urea groups is 1. The Bertz CT molecular complexity index is 705. The Morgan fingerprint density at radius 1 is 1.18 bits per heavy atom. The third-order valence-corrected chi connectivity index (χ3v) is 5.11. The average molecular weight is 383 g/mol. The minimum absolute atomic E-state index is 0.0279. The molecule has 1 aliphatic rings. The molecule has 0 spiro atoms. The van der Waals surface area contributed by atoms with E-state index in [0.717, 1.165) is 38.3 Å². The van der Waals surface area contributed by atoms with E-state index >= 15 is 0 Å². The summed E-state index contributed by atoms with van der Waals surface area (Å²) in [5.74, 6) is 0. The molecule has 0 bridgehead atoms. The molecule has 2 amide bonds. The van der Waals surface area contributed by atoms with E-state index in [1.165, 1.54) is 5.56 Å². The van der Waals surface area contributed by atoms with Gasteiger partial charge in [0.2, 0.25) is 0 Å².